The summed E-state index contributed by atoms with van der Waals surface area (Å²) >= 11 is 0. The Kier molecular flexibility index (Phi) is 2.50. The van der Waals surface area contributed by atoms with Crippen LogP contribution in [0.2, 0.25) is 0 Å². The molecule has 1 atom stereocenters. The molecular formula is C3H10OPb. The van der Waals surface area contributed by atoms with Gasteiger partial charge in [0.2, 0.25) is 0 Å². The molecule has 1 nitrogen and oxygen atoms in total. The molecule has 0 radical (unpaired) electrons. The third kappa shape index (κ3) is 2.69. The Morgan fingerprint density at radius 2 is 2.00 bits per heavy atom. The number of hydrogen-bond acceptors (Lipinski definition) is 1. The first-order chi connectivity index (χ1) is 1.89. The molecular weight excluding hydrogens is 259 g/mol. The molecule has 1 fully saturated rings. The predicted octanol–water partition coefficient (Wildman–Crippen LogP) is -1.05. The van der Waals surface area contributed by atoms with Gasteiger partial charge in [-0.25, -0.2) is 0 Å². The molecule has 0 aromatic rings. The summed E-state index contributed by atoms with van der Waals surface area (Å²) in [6, 6.07) is 0. The average Bonchev–Trinajstić information content (AvgIpc) is 1.75. The molecule has 0 saturated carbocycles. The molecule has 5 heavy (non-hydrogen) atoms. The van der Waals surface area contributed by atoms with Gasteiger partial charge < -0.3 is 4.74 Å². The molecule has 1 aliphatic rings. The van der Waals surface area contributed by atoms with E-state index in [2.05, 4.69) is 6.92 Å². The van der Waals surface area contributed by atoms with E-state index in [-0.39, 0.29) is 27.3 Å². The fourth-order valence-electron chi connectivity index (χ4n) is 0.0962. The van der Waals surface area contributed by atoms with E-state index in [1.165, 1.54) is 0 Å². The molecule has 32 valence electrons. The van der Waals surface area contributed by atoms with Crippen LogP contribution in [0.15, 0.2) is 0 Å². The van der Waals surface area contributed by atoms with E-state index in [0.717, 1.165) is 6.61 Å². The van der Waals surface area contributed by atoms with Gasteiger partial charge in [-0.1, -0.05) is 0 Å². The zero-order chi connectivity index (χ0) is 2.99. The van der Waals surface area contributed by atoms with Gasteiger partial charge in [0.15, 0.2) is 0 Å². The molecule has 1 rings (SSSR count). The first kappa shape index (κ1) is 5.88. The first-order valence-corrected chi connectivity index (χ1v) is 1.51. The Balaban J connectivity index is 0.000000160. The van der Waals surface area contributed by atoms with E-state index < -0.39 is 0 Å². The van der Waals surface area contributed by atoms with Gasteiger partial charge in [0.1, 0.15) is 0 Å². The minimum absolute atomic E-state index is 0. The summed E-state index contributed by atoms with van der Waals surface area (Å²) < 4.78 is 4.71. The van der Waals surface area contributed by atoms with E-state index in [1.54, 1.807) is 0 Å². The van der Waals surface area contributed by atoms with Gasteiger partial charge in [0.25, 0.3) is 0 Å². The first-order valence-electron chi connectivity index (χ1n) is 1.51. The minimum atomic E-state index is 0. The molecule has 0 bridgehead atoms. The normalized spacial score (nSPS) is 31.8. The van der Waals surface area contributed by atoms with Crippen LogP contribution in [0.25, 0.3) is 0 Å². The Labute approximate surface area is 51.9 Å². The summed E-state index contributed by atoms with van der Waals surface area (Å²) in [5.41, 5.74) is 0. The molecule has 1 heterocycles. The summed E-state index contributed by atoms with van der Waals surface area (Å²) in [5, 5.41) is 0. The maximum absolute atomic E-state index is 4.71. The van der Waals surface area contributed by atoms with Crippen LogP contribution in [0, 0.1) is 0 Å². The van der Waals surface area contributed by atoms with Crippen LogP contribution in [0.5, 0.6) is 0 Å². The van der Waals surface area contributed by atoms with Crippen molar-refractivity contribution < 1.29 is 4.74 Å². The molecule has 1 unspecified atom stereocenters. The second-order valence-corrected chi connectivity index (χ2v) is 1.14. The van der Waals surface area contributed by atoms with Crippen molar-refractivity contribution in [2.45, 2.75) is 13.0 Å². The molecule has 0 N–H and O–H groups in total. The molecule has 0 aromatic carbocycles. The predicted molar refractivity (Wildman–Crippen MR) is 26.7 cm³/mol. The Hall–Kier alpha value is 0.882. The van der Waals surface area contributed by atoms with Gasteiger partial charge in [-0.05, 0) is 6.92 Å². The van der Waals surface area contributed by atoms with Gasteiger partial charge in [0.05, 0.1) is 12.7 Å². The number of epoxide rings is 1. The Morgan fingerprint density at radius 1 is 1.80 bits per heavy atom. The Bertz CT molecular complexity index is 26.1. The Morgan fingerprint density at radius 3 is 2.00 bits per heavy atom. The summed E-state index contributed by atoms with van der Waals surface area (Å²) in [6.07, 6.45) is 0.583. The summed E-state index contributed by atoms with van der Waals surface area (Å²) in [4.78, 5) is 0. The van der Waals surface area contributed by atoms with Gasteiger partial charge in [-0.15, -0.1) is 0 Å². The second-order valence-electron chi connectivity index (χ2n) is 1.14. The summed E-state index contributed by atoms with van der Waals surface area (Å²) in [6.45, 7) is 3.04. The topological polar surface area (TPSA) is 12.5 Å². The molecule has 0 aromatic heterocycles. The van der Waals surface area contributed by atoms with E-state index in [9.17, 15) is 0 Å². The SMILES string of the molecule is CC1CO1.[PbH4]. The van der Waals surface area contributed by atoms with Crippen LogP contribution >= 0.6 is 0 Å². The number of rotatable bonds is 0. The monoisotopic (exact) mass is 270 g/mol. The third-order valence-electron chi connectivity index (χ3n) is 0.500. The van der Waals surface area contributed by atoms with Crippen molar-refractivity contribution in [3.8, 4) is 0 Å². The molecule has 0 amide bonds. The third-order valence-corrected chi connectivity index (χ3v) is 0.500. The van der Waals surface area contributed by atoms with Crippen LogP contribution in [0.1, 0.15) is 6.92 Å². The van der Waals surface area contributed by atoms with Crippen molar-refractivity contribution in [3.63, 3.8) is 0 Å². The second kappa shape index (κ2) is 2.13. The fourth-order valence-corrected chi connectivity index (χ4v) is 0.0962. The molecule has 1 saturated heterocycles. The van der Waals surface area contributed by atoms with Crippen LogP contribution in [-0.2, 0) is 4.74 Å². The average molecular weight is 269 g/mol. The molecule has 2 heteroatoms. The van der Waals surface area contributed by atoms with Crippen molar-refractivity contribution in [2.24, 2.45) is 0 Å². The number of ether oxygens (including phenoxy) is 1. The standard InChI is InChI=1S/C3H6O.Pb.4H/c1-3-2-4-3;;;;;/h3H,2H2,1H3;;;;;. The zero-order valence-electron chi connectivity index (χ0n) is 2.69. The molecule has 0 aliphatic carbocycles. The van der Waals surface area contributed by atoms with Gasteiger partial charge >= 0.3 is 27.3 Å². The fraction of sp³-hybridized carbons (Fsp3) is 1.00. The van der Waals surface area contributed by atoms with Crippen molar-refractivity contribution in [3.05, 3.63) is 0 Å². The molecule has 1 aliphatic heterocycles. The number of hydrogen-bond donors (Lipinski definition) is 0. The van der Waals surface area contributed by atoms with Crippen LogP contribution < -0.4 is 0 Å². The van der Waals surface area contributed by atoms with Crippen molar-refractivity contribution in [1.29, 1.82) is 0 Å². The van der Waals surface area contributed by atoms with Crippen molar-refractivity contribution >= 4 is 27.3 Å². The van der Waals surface area contributed by atoms with Gasteiger partial charge in [0, 0.05) is 0 Å². The van der Waals surface area contributed by atoms with Crippen LogP contribution in [-0.4, -0.2) is 40.0 Å². The van der Waals surface area contributed by atoms with E-state index in [0.29, 0.717) is 6.10 Å². The van der Waals surface area contributed by atoms with Crippen LogP contribution in [0.3, 0.4) is 0 Å². The van der Waals surface area contributed by atoms with E-state index >= 15 is 0 Å². The van der Waals surface area contributed by atoms with Crippen LogP contribution in [0.4, 0.5) is 0 Å². The van der Waals surface area contributed by atoms with E-state index in [1.807, 2.05) is 0 Å². The van der Waals surface area contributed by atoms with Crippen molar-refractivity contribution in [1.82, 2.24) is 0 Å². The van der Waals surface area contributed by atoms with E-state index in [4.69, 9.17) is 4.74 Å². The molecule has 0 spiro atoms. The van der Waals surface area contributed by atoms with Gasteiger partial charge in [-0.2, -0.15) is 0 Å². The van der Waals surface area contributed by atoms with Crippen molar-refractivity contribution in [2.75, 3.05) is 6.61 Å². The maximum atomic E-state index is 4.71. The van der Waals surface area contributed by atoms with Gasteiger partial charge in [-0.3, -0.25) is 0 Å². The zero-order valence-corrected chi connectivity index (χ0v) is 2.69. The quantitative estimate of drug-likeness (QED) is 0.404. The summed E-state index contributed by atoms with van der Waals surface area (Å²) in [5.74, 6) is 0. The summed E-state index contributed by atoms with van der Waals surface area (Å²) in [7, 11) is 0.